The Hall–Kier alpha value is -1.56. The summed E-state index contributed by atoms with van der Waals surface area (Å²) >= 11 is 0. The summed E-state index contributed by atoms with van der Waals surface area (Å²) in [4.78, 5) is 6.54. The van der Waals surface area contributed by atoms with Crippen LogP contribution in [0.3, 0.4) is 0 Å². The third-order valence-electron chi connectivity index (χ3n) is 6.09. The first-order valence-corrected chi connectivity index (χ1v) is 11.2. The van der Waals surface area contributed by atoms with E-state index in [1.54, 1.807) is 7.05 Å². The Morgan fingerprint density at radius 3 is 2.42 bits per heavy atom. The largest absolute Gasteiger partial charge is 0.355 e. The van der Waals surface area contributed by atoms with Crippen molar-refractivity contribution in [2.75, 3.05) is 32.4 Å². The summed E-state index contributed by atoms with van der Waals surface area (Å²) in [5, 5.41) is 3.57. The average molecular weight is 378 g/mol. The molecule has 144 valence electrons. The van der Waals surface area contributed by atoms with Gasteiger partial charge < -0.3 is 10.2 Å². The Bertz CT molecular complexity index is 751. The highest BCUT2D eigenvalue weighted by atomic mass is 32.2. The summed E-state index contributed by atoms with van der Waals surface area (Å²) in [6.07, 6.45) is 4.87. The molecule has 0 aromatic heterocycles. The molecule has 1 saturated heterocycles. The Labute approximate surface area is 157 Å². The highest BCUT2D eigenvalue weighted by molar-refractivity contribution is 7.92. The molecule has 1 aliphatic carbocycles. The maximum Gasteiger partial charge on any atom is 0.193 e. The van der Waals surface area contributed by atoms with Gasteiger partial charge >= 0.3 is 0 Å². The van der Waals surface area contributed by atoms with E-state index in [1.165, 1.54) is 31.2 Å². The van der Waals surface area contributed by atoms with Gasteiger partial charge in [0.05, 0.1) is 10.5 Å². The molecule has 0 atom stereocenters. The standard InChI is InChI=1S/C20H31N3O2S/c1-19(2)16-23(13-14-26(19,24)25)18(21-3)22-15-20(11-7-8-12-20)17-9-5-4-6-10-17/h4-6,9-10H,7-8,11-16H2,1-3H3,(H,21,22). The first-order valence-electron chi connectivity index (χ1n) is 9.53. The number of hydrogen-bond acceptors (Lipinski definition) is 3. The third kappa shape index (κ3) is 3.61. The monoisotopic (exact) mass is 377 g/mol. The minimum atomic E-state index is -3.05. The Balaban J connectivity index is 1.73. The van der Waals surface area contributed by atoms with Crippen LogP contribution >= 0.6 is 0 Å². The smallest absolute Gasteiger partial charge is 0.193 e. The molecular formula is C20H31N3O2S. The Morgan fingerprint density at radius 1 is 1.19 bits per heavy atom. The fourth-order valence-corrected chi connectivity index (χ4v) is 5.68. The van der Waals surface area contributed by atoms with Gasteiger partial charge in [0.1, 0.15) is 0 Å². The highest BCUT2D eigenvalue weighted by Gasteiger charge is 2.41. The number of benzene rings is 1. The van der Waals surface area contributed by atoms with Crippen LogP contribution in [-0.2, 0) is 15.3 Å². The molecule has 0 amide bonds. The zero-order valence-corrected chi connectivity index (χ0v) is 17.0. The van der Waals surface area contributed by atoms with Crippen LogP contribution in [0.5, 0.6) is 0 Å². The van der Waals surface area contributed by atoms with Gasteiger partial charge in [-0.05, 0) is 32.3 Å². The zero-order chi connectivity index (χ0) is 18.8. The van der Waals surface area contributed by atoms with Gasteiger partial charge in [-0.1, -0.05) is 43.2 Å². The molecule has 3 rings (SSSR count). The average Bonchev–Trinajstić information content (AvgIpc) is 3.09. The van der Waals surface area contributed by atoms with Gasteiger partial charge in [0, 0.05) is 32.1 Å². The van der Waals surface area contributed by atoms with Crippen molar-refractivity contribution in [2.45, 2.75) is 49.7 Å². The number of nitrogens with zero attached hydrogens (tertiary/aromatic N) is 2. The maximum atomic E-state index is 12.3. The second-order valence-electron chi connectivity index (χ2n) is 8.25. The lowest BCUT2D eigenvalue weighted by Gasteiger charge is -2.40. The van der Waals surface area contributed by atoms with Gasteiger partial charge in [-0.25, -0.2) is 8.42 Å². The van der Waals surface area contributed by atoms with Gasteiger partial charge in [-0.2, -0.15) is 0 Å². The quantitative estimate of drug-likeness (QED) is 0.650. The lowest BCUT2D eigenvalue weighted by atomic mass is 9.79. The molecule has 1 saturated carbocycles. The Kier molecular flexibility index (Phi) is 5.33. The summed E-state index contributed by atoms with van der Waals surface area (Å²) in [5.74, 6) is 1.00. The SMILES string of the molecule is CN=C(NCC1(c2ccccc2)CCCC1)N1CCS(=O)(=O)C(C)(C)C1. The van der Waals surface area contributed by atoms with Crippen LogP contribution < -0.4 is 5.32 Å². The number of nitrogens with one attached hydrogen (secondary N) is 1. The van der Waals surface area contributed by atoms with Gasteiger partial charge in [0.15, 0.2) is 15.8 Å². The molecule has 26 heavy (non-hydrogen) atoms. The van der Waals surface area contributed by atoms with E-state index in [9.17, 15) is 8.42 Å². The molecule has 0 radical (unpaired) electrons. The van der Waals surface area contributed by atoms with Gasteiger partial charge in [0.25, 0.3) is 0 Å². The molecule has 2 aliphatic rings. The van der Waals surface area contributed by atoms with E-state index in [0.29, 0.717) is 13.1 Å². The summed E-state index contributed by atoms with van der Waals surface area (Å²) in [7, 11) is -1.27. The van der Waals surface area contributed by atoms with Crippen molar-refractivity contribution in [3.63, 3.8) is 0 Å². The predicted molar refractivity (Wildman–Crippen MR) is 107 cm³/mol. The maximum absolute atomic E-state index is 12.3. The molecule has 6 heteroatoms. The fraction of sp³-hybridized carbons (Fsp3) is 0.650. The zero-order valence-electron chi connectivity index (χ0n) is 16.2. The molecule has 1 aromatic carbocycles. The molecular weight excluding hydrogens is 346 g/mol. The third-order valence-corrected chi connectivity index (χ3v) is 8.62. The molecule has 1 heterocycles. The number of aliphatic imine (C=N–C) groups is 1. The second kappa shape index (κ2) is 7.22. The van der Waals surface area contributed by atoms with Crippen molar-refractivity contribution in [2.24, 2.45) is 4.99 Å². The Morgan fingerprint density at radius 2 is 1.85 bits per heavy atom. The van der Waals surface area contributed by atoms with Crippen molar-refractivity contribution >= 4 is 15.8 Å². The molecule has 5 nitrogen and oxygen atoms in total. The molecule has 0 spiro atoms. The van der Waals surface area contributed by atoms with E-state index in [2.05, 4.69) is 45.5 Å². The molecule has 0 bridgehead atoms. The van der Waals surface area contributed by atoms with Crippen molar-refractivity contribution in [1.29, 1.82) is 0 Å². The first kappa shape index (κ1) is 19.2. The molecule has 2 fully saturated rings. The highest BCUT2D eigenvalue weighted by Crippen LogP contribution is 2.40. The van der Waals surface area contributed by atoms with E-state index in [1.807, 2.05) is 13.8 Å². The van der Waals surface area contributed by atoms with E-state index >= 15 is 0 Å². The van der Waals surface area contributed by atoms with Crippen LogP contribution in [0.1, 0.15) is 45.1 Å². The minimum Gasteiger partial charge on any atom is -0.355 e. The van der Waals surface area contributed by atoms with Crippen LogP contribution in [0, 0.1) is 0 Å². The number of hydrogen-bond donors (Lipinski definition) is 1. The normalized spacial score (nSPS) is 24.4. The molecule has 1 N–H and O–H groups in total. The summed E-state index contributed by atoms with van der Waals surface area (Å²) in [6.45, 7) is 5.44. The number of sulfone groups is 1. The van der Waals surface area contributed by atoms with Crippen molar-refractivity contribution in [1.82, 2.24) is 10.2 Å². The van der Waals surface area contributed by atoms with E-state index in [4.69, 9.17) is 0 Å². The molecule has 1 aromatic rings. The lowest BCUT2D eigenvalue weighted by molar-refractivity contribution is 0.344. The topological polar surface area (TPSA) is 61.8 Å². The van der Waals surface area contributed by atoms with Crippen molar-refractivity contribution in [3.05, 3.63) is 35.9 Å². The van der Waals surface area contributed by atoms with Crippen LogP contribution in [0.4, 0.5) is 0 Å². The van der Waals surface area contributed by atoms with Crippen LogP contribution in [0.15, 0.2) is 35.3 Å². The van der Waals surface area contributed by atoms with Crippen molar-refractivity contribution < 1.29 is 8.42 Å². The summed E-state index contributed by atoms with van der Waals surface area (Å²) in [6, 6.07) is 10.7. The lowest BCUT2D eigenvalue weighted by Crippen LogP contribution is -2.58. The molecule has 1 aliphatic heterocycles. The molecule has 0 unspecified atom stereocenters. The number of rotatable bonds is 3. The van der Waals surface area contributed by atoms with Gasteiger partial charge in [0.2, 0.25) is 0 Å². The minimum absolute atomic E-state index is 0.147. The summed E-state index contributed by atoms with van der Waals surface area (Å²) < 4.78 is 23.8. The number of guanidine groups is 1. The van der Waals surface area contributed by atoms with Gasteiger partial charge in [-0.3, -0.25) is 4.99 Å². The van der Waals surface area contributed by atoms with E-state index in [0.717, 1.165) is 12.5 Å². The van der Waals surface area contributed by atoms with E-state index < -0.39 is 14.6 Å². The van der Waals surface area contributed by atoms with Crippen LogP contribution in [0.25, 0.3) is 0 Å². The first-order chi connectivity index (χ1) is 12.3. The summed E-state index contributed by atoms with van der Waals surface area (Å²) in [5.41, 5.74) is 1.54. The van der Waals surface area contributed by atoms with Crippen LogP contribution in [-0.4, -0.2) is 56.5 Å². The second-order valence-corrected chi connectivity index (χ2v) is 11.0. The fourth-order valence-electron chi connectivity index (χ4n) is 4.32. The van der Waals surface area contributed by atoms with Crippen LogP contribution in [0.2, 0.25) is 0 Å². The van der Waals surface area contributed by atoms with E-state index in [-0.39, 0.29) is 11.2 Å². The van der Waals surface area contributed by atoms with Gasteiger partial charge in [-0.15, -0.1) is 0 Å². The predicted octanol–water partition coefficient (Wildman–Crippen LogP) is 2.58. The van der Waals surface area contributed by atoms with Crippen molar-refractivity contribution in [3.8, 4) is 0 Å².